The molecule has 7 heteroatoms. The number of hydrogen-bond donors (Lipinski definition) is 1. The van der Waals surface area contributed by atoms with Crippen LogP contribution >= 0.6 is 0 Å². The van der Waals surface area contributed by atoms with Crippen molar-refractivity contribution in [3.63, 3.8) is 0 Å². The predicted molar refractivity (Wildman–Crippen MR) is 123 cm³/mol. The Hall–Kier alpha value is -3.74. The Balaban J connectivity index is 1.87. The van der Waals surface area contributed by atoms with Gasteiger partial charge in [0.1, 0.15) is 0 Å². The van der Waals surface area contributed by atoms with E-state index in [0.29, 0.717) is 22.4 Å². The predicted octanol–water partition coefficient (Wildman–Crippen LogP) is 4.77. The number of nitrogens with zero attached hydrogens (tertiary/aromatic N) is 1. The smallest absolute Gasteiger partial charge is 0.336 e. The molecule has 4 rings (SSSR count). The molecule has 0 aromatic heterocycles. The lowest BCUT2D eigenvalue weighted by Crippen LogP contribution is -2.33. The number of carbonyl (C=O) groups excluding carboxylic acids is 2. The number of ketones is 1. The SMILES string of the molecule is CCOC(=O)C1=C([C@@H]2C[C@H]2c2ccccc2)NC(C)=C(C(C)=O)C1c1cccc([N+](=O)[O-])c1. The van der Waals surface area contributed by atoms with Crippen molar-refractivity contribution in [2.75, 3.05) is 6.61 Å². The van der Waals surface area contributed by atoms with E-state index in [4.69, 9.17) is 4.74 Å². The maximum atomic E-state index is 13.3. The molecule has 1 aliphatic heterocycles. The monoisotopic (exact) mass is 446 g/mol. The highest BCUT2D eigenvalue weighted by molar-refractivity contribution is 6.02. The Labute approximate surface area is 192 Å². The summed E-state index contributed by atoms with van der Waals surface area (Å²) in [5.41, 5.74) is 3.78. The molecule has 1 unspecified atom stereocenters. The van der Waals surface area contributed by atoms with E-state index in [1.807, 2.05) is 25.1 Å². The molecule has 0 spiro atoms. The number of non-ortho nitro benzene ring substituents is 1. The van der Waals surface area contributed by atoms with Crippen molar-refractivity contribution in [1.82, 2.24) is 5.32 Å². The van der Waals surface area contributed by atoms with Crippen LogP contribution in [0.15, 0.2) is 77.1 Å². The average Bonchev–Trinajstić information content (AvgIpc) is 3.59. The number of hydrogen-bond acceptors (Lipinski definition) is 6. The summed E-state index contributed by atoms with van der Waals surface area (Å²) in [6.45, 7) is 5.17. The Kier molecular flexibility index (Phi) is 6.14. The summed E-state index contributed by atoms with van der Waals surface area (Å²) in [4.78, 5) is 36.9. The van der Waals surface area contributed by atoms with Crippen molar-refractivity contribution in [2.45, 2.75) is 39.0 Å². The quantitative estimate of drug-likeness (QED) is 0.374. The normalized spacial score (nSPS) is 22.0. The van der Waals surface area contributed by atoms with Crippen molar-refractivity contribution in [2.24, 2.45) is 5.92 Å². The van der Waals surface area contributed by atoms with Gasteiger partial charge in [0, 0.05) is 40.9 Å². The van der Waals surface area contributed by atoms with E-state index in [0.717, 1.165) is 12.1 Å². The first-order valence-electron chi connectivity index (χ1n) is 11.0. The van der Waals surface area contributed by atoms with Gasteiger partial charge in [-0.15, -0.1) is 0 Å². The first-order chi connectivity index (χ1) is 15.8. The lowest BCUT2D eigenvalue weighted by molar-refractivity contribution is -0.384. The van der Waals surface area contributed by atoms with Gasteiger partial charge in [-0.3, -0.25) is 14.9 Å². The molecular formula is C26H26N2O5. The van der Waals surface area contributed by atoms with Crippen LogP contribution in [0, 0.1) is 16.0 Å². The molecule has 1 N–H and O–H groups in total. The molecule has 0 bridgehead atoms. The van der Waals surface area contributed by atoms with Gasteiger partial charge in [0.05, 0.1) is 17.1 Å². The fourth-order valence-electron chi connectivity index (χ4n) is 4.78. The lowest BCUT2D eigenvalue weighted by atomic mass is 9.78. The largest absolute Gasteiger partial charge is 0.463 e. The van der Waals surface area contributed by atoms with Gasteiger partial charge in [-0.2, -0.15) is 0 Å². The molecule has 1 aliphatic carbocycles. The highest BCUT2D eigenvalue weighted by Crippen LogP contribution is 2.54. The van der Waals surface area contributed by atoms with Crippen LogP contribution in [0.4, 0.5) is 5.69 Å². The number of esters is 1. The third kappa shape index (κ3) is 4.31. The maximum absolute atomic E-state index is 13.3. The Morgan fingerprint density at radius 3 is 2.39 bits per heavy atom. The van der Waals surface area contributed by atoms with E-state index in [1.54, 1.807) is 19.1 Å². The Morgan fingerprint density at radius 2 is 1.76 bits per heavy atom. The van der Waals surface area contributed by atoms with E-state index < -0.39 is 16.8 Å². The minimum atomic E-state index is -0.741. The molecular weight excluding hydrogens is 420 g/mol. The van der Waals surface area contributed by atoms with Crippen LogP contribution in [0.1, 0.15) is 50.2 Å². The van der Waals surface area contributed by atoms with Gasteiger partial charge < -0.3 is 10.1 Å². The number of nitro benzene ring substituents is 1. The molecule has 33 heavy (non-hydrogen) atoms. The van der Waals surface area contributed by atoms with Crippen molar-refractivity contribution in [3.8, 4) is 0 Å². The van der Waals surface area contributed by atoms with Crippen LogP contribution in [0.5, 0.6) is 0 Å². The van der Waals surface area contributed by atoms with Crippen LogP contribution in [0.25, 0.3) is 0 Å². The number of carbonyl (C=O) groups is 2. The molecule has 0 radical (unpaired) electrons. The number of rotatable bonds is 7. The second-order valence-corrected chi connectivity index (χ2v) is 8.41. The van der Waals surface area contributed by atoms with Crippen LogP contribution in [0.3, 0.4) is 0 Å². The number of allylic oxidation sites excluding steroid dienone is 3. The molecule has 1 heterocycles. The van der Waals surface area contributed by atoms with E-state index in [2.05, 4.69) is 17.4 Å². The van der Waals surface area contributed by atoms with Crippen molar-refractivity contribution in [3.05, 3.63) is 98.4 Å². The summed E-state index contributed by atoms with van der Waals surface area (Å²) in [6, 6.07) is 16.2. The Bertz CT molecular complexity index is 1180. The summed E-state index contributed by atoms with van der Waals surface area (Å²) in [5.74, 6) is -1.14. The summed E-state index contributed by atoms with van der Waals surface area (Å²) < 4.78 is 5.42. The molecule has 2 aliphatic rings. The third-order valence-electron chi connectivity index (χ3n) is 6.27. The second kappa shape index (κ2) is 9.02. The third-order valence-corrected chi connectivity index (χ3v) is 6.27. The zero-order valence-corrected chi connectivity index (χ0v) is 18.8. The van der Waals surface area contributed by atoms with Gasteiger partial charge >= 0.3 is 5.97 Å². The molecule has 1 saturated carbocycles. The van der Waals surface area contributed by atoms with Gasteiger partial charge in [-0.25, -0.2) is 4.79 Å². The van der Waals surface area contributed by atoms with Crippen molar-refractivity contribution in [1.29, 1.82) is 0 Å². The van der Waals surface area contributed by atoms with E-state index in [1.165, 1.54) is 24.6 Å². The zero-order chi connectivity index (χ0) is 23.7. The molecule has 0 amide bonds. The van der Waals surface area contributed by atoms with E-state index in [-0.39, 0.29) is 29.9 Å². The number of Topliss-reactive ketones (excluding diaryl/α,β-unsaturated/α-hetero) is 1. The number of dihydropyridines is 1. The second-order valence-electron chi connectivity index (χ2n) is 8.41. The van der Waals surface area contributed by atoms with E-state index in [9.17, 15) is 19.7 Å². The highest BCUT2D eigenvalue weighted by Gasteiger charge is 2.47. The molecule has 0 saturated heterocycles. The van der Waals surface area contributed by atoms with Crippen molar-refractivity contribution >= 4 is 17.4 Å². The number of nitro groups is 1. The first-order valence-corrected chi connectivity index (χ1v) is 11.0. The molecule has 170 valence electrons. The molecule has 7 nitrogen and oxygen atoms in total. The number of ether oxygens (including phenoxy) is 1. The van der Waals surface area contributed by atoms with Crippen LogP contribution in [-0.2, 0) is 14.3 Å². The fourth-order valence-corrected chi connectivity index (χ4v) is 4.78. The molecule has 2 aromatic carbocycles. The standard InChI is InChI=1S/C26H26N2O5/c1-4-33-26(30)24-23(18-11-8-12-19(13-18)28(31)32)22(16(3)29)15(2)27-25(24)21-14-20(21)17-9-6-5-7-10-17/h5-13,20-21,23,27H,4,14H2,1-3H3/t20-,21+,23?/m0/s1. The van der Waals surface area contributed by atoms with Crippen molar-refractivity contribution < 1.29 is 19.2 Å². The number of nitrogens with one attached hydrogen (secondary N) is 1. The molecule has 2 aromatic rings. The highest BCUT2D eigenvalue weighted by atomic mass is 16.6. The number of benzene rings is 2. The van der Waals surface area contributed by atoms with Crippen LogP contribution < -0.4 is 5.32 Å². The topological polar surface area (TPSA) is 98.5 Å². The minimum absolute atomic E-state index is 0.0662. The summed E-state index contributed by atoms with van der Waals surface area (Å²) in [5, 5.41) is 14.8. The van der Waals surface area contributed by atoms with Crippen LogP contribution in [0.2, 0.25) is 0 Å². The Morgan fingerprint density at radius 1 is 1.06 bits per heavy atom. The minimum Gasteiger partial charge on any atom is -0.463 e. The summed E-state index contributed by atoms with van der Waals surface area (Å²) >= 11 is 0. The summed E-state index contributed by atoms with van der Waals surface area (Å²) in [6.07, 6.45) is 0.861. The van der Waals surface area contributed by atoms with Crippen LogP contribution in [-0.4, -0.2) is 23.3 Å². The molecule has 1 fully saturated rings. The van der Waals surface area contributed by atoms with Gasteiger partial charge in [-0.05, 0) is 44.2 Å². The fraction of sp³-hybridized carbons (Fsp3) is 0.308. The lowest BCUT2D eigenvalue weighted by Gasteiger charge is -2.32. The molecule has 3 atom stereocenters. The van der Waals surface area contributed by atoms with E-state index >= 15 is 0 Å². The van der Waals surface area contributed by atoms with Gasteiger partial charge in [0.2, 0.25) is 0 Å². The van der Waals surface area contributed by atoms with Gasteiger partial charge in [0.25, 0.3) is 5.69 Å². The average molecular weight is 447 g/mol. The first kappa shape index (κ1) is 22.5. The van der Waals surface area contributed by atoms with Gasteiger partial charge in [0.15, 0.2) is 5.78 Å². The summed E-state index contributed by atoms with van der Waals surface area (Å²) in [7, 11) is 0. The maximum Gasteiger partial charge on any atom is 0.336 e. The van der Waals surface area contributed by atoms with Gasteiger partial charge in [-0.1, -0.05) is 42.5 Å². The zero-order valence-electron chi connectivity index (χ0n) is 18.8.